The number of halogens is 1. The molecule has 0 amide bonds. The van der Waals surface area contributed by atoms with Crippen molar-refractivity contribution in [2.75, 3.05) is 44.3 Å². The molecule has 2 aromatic carbocycles. The van der Waals surface area contributed by atoms with Gasteiger partial charge >= 0.3 is 0 Å². The van der Waals surface area contributed by atoms with Crippen molar-refractivity contribution < 1.29 is 17.7 Å². The van der Waals surface area contributed by atoms with Crippen molar-refractivity contribution in [3.8, 4) is 11.1 Å². The molecule has 1 saturated heterocycles. The van der Waals surface area contributed by atoms with E-state index >= 15 is 0 Å². The van der Waals surface area contributed by atoms with Gasteiger partial charge in [0.2, 0.25) is 0 Å². The van der Waals surface area contributed by atoms with E-state index in [9.17, 15) is 8.42 Å². The first-order valence-corrected chi connectivity index (χ1v) is 13.4. The quantitative estimate of drug-likeness (QED) is 0.386. The Hall–Kier alpha value is -2.13. The summed E-state index contributed by atoms with van der Waals surface area (Å²) in [6.45, 7) is 3.40. The summed E-state index contributed by atoms with van der Waals surface area (Å²) in [5.74, 6) is 0.302. The second kappa shape index (κ2) is 10.4. The SMILES string of the molecule is CN1CCCC(C[N+]2=CCC(c3cc(-c4ccc(Cl)cc4)ccc3NCCS(=O)(=O)O)N2)C1. The van der Waals surface area contributed by atoms with Gasteiger partial charge in [-0.1, -0.05) is 29.8 Å². The van der Waals surface area contributed by atoms with Crippen molar-refractivity contribution in [2.24, 2.45) is 5.92 Å². The molecule has 0 aliphatic carbocycles. The molecule has 7 nitrogen and oxygen atoms in total. The van der Waals surface area contributed by atoms with Gasteiger partial charge in [0, 0.05) is 35.3 Å². The lowest BCUT2D eigenvalue weighted by atomic mass is 9.97. The van der Waals surface area contributed by atoms with Crippen molar-refractivity contribution in [3.63, 3.8) is 0 Å². The first-order valence-electron chi connectivity index (χ1n) is 11.4. The second-order valence-electron chi connectivity index (χ2n) is 9.04. The van der Waals surface area contributed by atoms with E-state index in [-0.39, 0.29) is 18.3 Å². The van der Waals surface area contributed by atoms with Gasteiger partial charge in [-0.3, -0.25) is 4.55 Å². The summed E-state index contributed by atoms with van der Waals surface area (Å²) in [4.78, 5) is 2.40. The molecule has 0 aromatic heterocycles. The van der Waals surface area contributed by atoms with Crippen LogP contribution in [0.3, 0.4) is 0 Å². The fourth-order valence-electron chi connectivity index (χ4n) is 4.71. The molecule has 0 radical (unpaired) electrons. The maximum absolute atomic E-state index is 11.2. The summed E-state index contributed by atoms with van der Waals surface area (Å²) in [5.41, 5.74) is 7.69. The highest BCUT2D eigenvalue weighted by molar-refractivity contribution is 7.85. The average molecular weight is 492 g/mol. The topological polar surface area (TPSA) is 84.7 Å². The van der Waals surface area contributed by atoms with Gasteiger partial charge in [-0.05, 0) is 61.8 Å². The molecule has 4 rings (SSSR count). The fraction of sp³-hybridized carbons (Fsp3) is 0.458. The number of hydrazone groups is 1. The highest BCUT2D eigenvalue weighted by Gasteiger charge is 2.30. The van der Waals surface area contributed by atoms with Gasteiger partial charge in [0.25, 0.3) is 10.1 Å². The molecule has 2 unspecified atom stereocenters. The number of hydrogen-bond acceptors (Lipinski definition) is 5. The highest BCUT2D eigenvalue weighted by Crippen LogP contribution is 2.32. The molecular formula is C24H32ClN4O3S+. The Morgan fingerprint density at radius 2 is 1.97 bits per heavy atom. The first-order chi connectivity index (χ1) is 15.8. The van der Waals surface area contributed by atoms with Crippen LogP contribution in [0.25, 0.3) is 11.1 Å². The molecule has 0 saturated carbocycles. The smallest absolute Gasteiger partial charge is 0.266 e. The van der Waals surface area contributed by atoms with Crippen molar-refractivity contribution in [3.05, 3.63) is 53.1 Å². The first kappa shape index (κ1) is 24.0. The maximum Gasteiger partial charge on any atom is 0.266 e. The van der Waals surface area contributed by atoms with Gasteiger partial charge < -0.3 is 10.2 Å². The number of anilines is 1. The van der Waals surface area contributed by atoms with Crippen molar-refractivity contribution in [1.82, 2.24) is 10.3 Å². The molecule has 33 heavy (non-hydrogen) atoms. The van der Waals surface area contributed by atoms with Gasteiger partial charge in [-0.25, -0.2) is 0 Å². The number of rotatable bonds is 8. The molecule has 1 fully saturated rings. The van der Waals surface area contributed by atoms with Crippen LogP contribution in [0.2, 0.25) is 5.02 Å². The van der Waals surface area contributed by atoms with Crippen LogP contribution in [0.4, 0.5) is 5.69 Å². The van der Waals surface area contributed by atoms with Crippen LogP contribution in [0.1, 0.15) is 30.9 Å². The number of likely N-dealkylation sites (tertiary alicyclic amines) is 1. The largest absolute Gasteiger partial charge is 0.384 e. The van der Waals surface area contributed by atoms with E-state index < -0.39 is 10.1 Å². The molecule has 0 spiro atoms. The third-order valence-corrected chi connectivity index (χ3v) is 7.31. The maximum atomic E-state index is 11.2. The van der Waals surface area contributed by atoms with Crippen molar-refractivity contribution >= 4 is 33.6 Å². The van der Waals surface area contributed by atoms with Crippen LogP contribution < -0.4 is 10.7 Å². The molecular weight excluding hydrogens is 460 g/mol. The molecule has 3 N–H and O–H groups in total. The van der Waals surface area contributed by atoms with Crippen LogP contribution in [-0.2, 0) is 10.1 Å². The molecule has 2 aliphatic heterocycles. The monoisotopic (exact) mass is 491 g/mol. The standard InChI is InChI=1S/C24H31ClN4O3S/c1-28-12-2-3-18(16-28)17-29-13-10-24(27-29)22-15-20(19-4-7-21(25)8-5-19)6-9-23(22)26-11-14-33(30,31)32/h4-9,13,15,18,24,26-27H,2-3,10-12,14,16-17H2,1H3/p+1. The molecule has 2 atom stereocenters. The fourth-order valence-corrected chi connectivity index (χ4v) is 5.20. The van der Waals surface area contributed by atoms with Crippen LogP contribution >= 0.6 is 11.6 Å². The van der Waals surface area contributed by atoms with Crippen LogP contribution in [0.5, 0.6) is 0 Å². The van der Waals surface area contributed by atoms with E-state index in [0.29, 0.717) is 10.9 Å². The van der Waals surface area contributed by atoms with Gasteiger partial charge in [0.05, 0.1) is 12.2 Å². The predicted molar refractivity (Wildman–Crippen MR) is 134 cm³/mol. The minimum Gasteiger partial charge on any atom is -0.384 e. The van der Waals surface area contributed by atoms with Crippen LogP contribution in [0.15, 0.2) is 42.5 Å². The lowest BCUT2D eigenvalue weighted by Gasteiger charge is -2.28. The van der Waals surface area contributed by atoms with Gasteiger partial charge in [-0.15, -0.1) is 4.68 Å². The summed E-state index contributed by atoms with van der Waals surface area (Å²) >= 11 is 6.06. The minimum atomic E-state index is -4.02. The molecule has 0 bridgehead atoms. The lowest BCUT2D eigenvalue weighted by Crippen LogP contribution is -2.39. The zero-order valence-corrected chi connectivity index (χ0v) is 20.4. The number of nitrogens with one attached hydrogen (secondary N) is 2. The van der Waals surface area contributed by atoms with E-state index in [2.05, 4.69) is 39.7 Å². The summed E-state index contributed by atoms with van der Waals surface area (Å²) < 4.78 is 33.6. The second-order valence-corrected chi connectivity index (χ2v) is 11.1. The molecule has 9 heteroatoms. The molecule has 2 heterocycles. The van der Waals surface area contributed by atoms with E-state index in [0.717, 1.165) is 41.9 Å². The third-order valence-electron chi connectivity index (χ3n) is 6.34. The van der Waals surface area contributed by atoms with Crippen LogP contribution in [0, 0.1) is 5.92 Å². The number of nitrogens with zero attached hydrogens (tertiary/aromatic N) is 2. The molecule has 2 aliphatic rings. The van der Waals surface area contributed by atoms with Crippen molar-refractivity contribution in [1.29, 1.82) is 0 Å². The molecule has 178 valence electrons. The minimum absolute atomic E-state index is 0.0757. The normalized spacial score (nSPS) is 21.5. The number of piperidine rings is 1. The Morgan fingerprint density at radius 3 is 2.70 bits per heavy atom. The van der Waals surface area contributed by atoms with Gasteiger partial charge in [0.1, 0.15) is 6.04 Å². The zero-order chi connectivity index (χ0) is 23.4. The Labute approximate surface area is 201 Å². The number of benzene rings is 2. The van der Waals surface area contributed by atoms with E-state index in [1.165, 1.54) is 19.4 Å². The van der Waals surface area contributed by atoms with Gasteiger partial charge in [0.15, 0.2) is 12.8 Å². The summed E-state index contributed by atoms with van der Waals surface area (Å²) in [7, 11) is -1.84. The lowest BCUT2D eigenvalue weighted by molar-refractivity contribution is -0.587. The zero-order valence-electron chi connectivity index (χ0n) is 18.9. The average Bonchev–Trinajstić information content (AvgIpc) is 3.22. The molecule has 2 aromatic rings. The summed E-state index contributed by atoms with van der Waals surface area (Å²) in [6.07, 6.45) is 5.55. The Bertz CT molecular complexity index is 1110. The third kappa shape index (κ3) is 6.69. The number of hydrogen-bond donors (Lipinski definition) is 3. The van der Waals surface area contributed by atoms with E-state index in [1.54, 1.807) is 0 Å². The number of hydrazine groups is 1. The van der Waals surface area contributed by atoms with Gasteiger partial charge in [-0.2, -0.15) is 13.8 Å². The Morgan fingerprint density at radius 1 is 1.21 bits per heavy atom. The Balaban J connectivity index is 1.52. The predicted octanol–water partition coefficient (Wildman–Crippen LogP) is 3.68. The highest BCUT2D eigenvalue weighted by atomic mass is 35.5. The van der Waals surface area contributed by atoms with Crippen molar-refractivity contribution in [2.45, 2.75) is 25.3 Å². The van der Waals surface area contributed by atoms with E-state index in [4.69, 9.17) is 16.2 Å². The van der Waals surface area contributed by atoms with E-state index in [1.807, 2.05) is 36.4 Å². The van der Waals surface area contributed by atoms with Crippen LogP contribution in [-0.4, -0.2) is 67.7 Å². The summed E-state index contributed by atoms with van der Waals surface area (Å²) in [6, 6.07) is 13.9. The Kier molecular flexibility index (Phi) is 7.58. The summed E-state index contributed by atoms with van der Waals surface area (Å²) in [5, 5.41) is 3.89.